The second kappa shape index (κ2) is 6.89. The number of nitrogens with zero attached hydrogens (tertiary/aromatic N) is 3. The molecule has 21 heavy (non-hydrogen) atoms. The third-order valence-electron chi connectivity index (χ3n) is 2.55. The maximum absolute atomic E-state index is 11.6. The zero-order valence-corrected chi connectivity index (χ0v) is 11.0. The molecule has 0 aliphatic carbocycles. The lowest BCUT2D eigenvalue weighted by Gasteiger charge is -2.07. The molecule has 1 amide bonds. The maximum atomic E-state index is 11.6. The van der Waals surface area contributed by atoms with Crippen LogP contribution in [0, 0.1) is 0 Å². The molecule has 1 aromatic heterocycles. The predicted octanol–water partition coefficient (Wildman–Crippen LogP) is -0.406. The van der Waals surface area contributed by atoms with Gasteiger partial charge in [0.25, 0.3) is 5.91 Å². The summed E-state index contributed by atoms with van der Waals surface area (Å²) < 4.78 is 5.30. The fourth-order valence-electron chi connectivity index (χ4n) is 1.48. The minimum Gasteiger partial charge on any atom is -0.484 e. The second-order valence-corrected chi connectivity index (χ2v) is 4.01. The Labute approximate surface area is 119 Å². The normalized spacial score (nSPS) is 11.1. The van der Waals surface area contributed by atoms with Crippen LogP contribution < -0.4 is 15.8 Å². The van der Waals surface area contributed by atoms with Crippen molar-refractivity contribution < 1.29 is 14.7 Å². The van der Waals surface area contributed by atoms with Crippen LogP contribution in [0.5, 0.6) is 5.75 Å². The molecule has 5 N–H and O–H groups in total. The third-order valence-corrected chi connectivity index (χ3v) is 2.55. The van der Waals surface area contributed by atoms with Crippen LogP contribution in [0.4, 0.5) is 0 Å². The number of amides is 1. The highest BCUT2D eigenvalue weighted by Gasteiger charge is 2.05. The van der Waals surface area contributed by atoms with Gasteiger partial charge in [0.1, 0.15) is 17.9 Å². The van der Waals surface area contributed by atoms with E-state index in [1.807, 2.05) is 0 Å². The number of amidine groups is 1. The Bertz CT molecular complexity index is 608. The number of nitrogens with two attached hydrogens (primary N) is 1. The molecule has 1 aromatic carbocycles. The molecule has 0 bridgehead atoms. The van der Waals surface area contributed by atoms with E-state index in [9.17, 15) is 4.79 Å². The number of ether oxygens (including phenoxy) is 1. The summed E-state index contributed by atoms with van der Waals surface area (Å²) in [4.78, 5) is 15.4. The minimum atomic E-state index is -0.285. The fraction of sp³-hybridized carbons (Fsp3) is 0.167. The predicted molar refractivity (Wildman–Crippen MR) is 72.7 cm³/mol. The zero-order valence-electron chi connectivity index (χ0n) is 11.0. The van der Waals surface area contributed by atoms with Gasteiger partial charge < -0.3 is 21.0 Å². The molecule has 2 aromatic rings. The standard InChI is InChI=1S/C12H14N6O3/c13-12(18-20)8-1-3-9(4-2-8)21-6-11(19)14-5-10-15-7-16-17-10/h1-4,7,20H,5-6H2,(H2,13,18)(H,14,19)(H,15,16,17). The largest absolute Gasteiger partial charge is 0.484 e. The van der Waals surface area contributed by atoms with Gasteiger partial charge in [-0.15, -0.1) is 0 Å². The monoisotopic (exact) mass is 290 g/mol. The number of rotatable bonds is 6. The van der Waals surface area contributed by atoms with Crippen molar-refractivity contribution in [3.8, 4) is 5.75 Å². The average Bonchev–Trinajstić information content (AvgIpc) is 3.04. The van der Waals surface area contributed by atoms with Gasteiger partial charge in [-0.2, -0.15) is 5.10 Å². The molecule has 0 aliphatic heterocycles. The molecule has 0 fully saturated rings. The first-order valence-electron chi connectivity index (χ1n) is 6.00. The van der Waals surface area contributed by atoms with Crippen LogP contribution in [-0.4, -0.2) is 38.7 Å². The molecule has 0 radical (unpaired) electrons. The van der Waals surface area contributed by atoms with Crippen LogP contribution in [0.15, 0.2) is 35.7 Å². The molecular formula is C12H14N6O3. The Morgan fingerprint density at radius 3 is 2.81 bits per heavy atom. The van der Waals surface area contributed by atoms with Crippen LogP contribution in [0.3, 0.4) is 0 Å². The Balaban J connectivity index is 1.78. The number of hydrogen-bond donors (Lipinski definition) is 4. The molecular weight excluding hydrogens is 276 g/mol. The van der Waals surface area contributed by atoms with E-state index in [-0.39, 0.29) is 24.9 Å². The number of aromatic amines is 1. The first-order chi connectivity index (χ1) is 10.2. The van der Waals surface area contributed by atoms with Crippen LogP contribution in [0.25, 0.3) is 0 Å². The Hall–Kier alpha value is -3.10. The lowest BCUT2D eigenvalue weighted by atomic mass is 10.2. The van der Waals surface area contributed by atoms with E-state index in [0.717, 1.165) is 0 Å². The van der Waals surface area contributed by atoms with Crippen molar-refractivity contribution in [2.75, 3.05) is 6.61 Å². The van der Waals surface area contributed by atoms with Gasteiger partial charge in [0.2, 0.25) is 0 Å². The molecule has 0 spiro atoms. The first-order valence-corrected chi connectivity index (χ1v) is 6.00. The van der Waals surface area contributed by atoms with Gasteiger partial charge in [-0.3, -0.25) is 9.89 Å². The molecule has 1 heterocycles. The van der Waals surface area contributed by atoms with Crippen molar-refractivity contribution in [2.24, 2.45) is 10.9 Å². The van der Waals surface area contributed by atoms with Crippen molar-refractivity contribution >= 4 is 11.7 Å². The molecule has 0 saturated carbocycles. The molecule has 0 aliphatic rings. The Morgan fingerprint density at radius 2 is 2.19 bits per heavy atom. The van der Waals surface area contributed by atoms with Gasteiger partial charge in [0.15, 0.2) is 12.4 Å². The topological polar surface area (TPSA) is 139 Å². The molecule has 2 rings (SSSR count). The average molecular weight is 290 g/mol. The number of nitrogens with one attached hydrogen (secondary N) is 2. The van der Waals surface area contributed by atoms with E-state index in [4.69, 9.17) is 15.7 Å². The fourth-order valence-corrected chi connectivity index (χ4v) is 1.48. The van der Waals surface area contributed by atoms with Gasteiger partial charge in [0, 0.05) is 5.56 Å². The van der Waals surface area contributed by atoms with Gasteiger partial charge in [-0.1, -0.05) is 5.16 Å². The van der Waals surface area contributed by atoms with Crippen molar-refractivity contribution in [2.45, 2.75) is 6.54 Å². The summed E-state index contributed by atoms with van der Waals surface area (Å²) in [6.45, 7) is 0.127. The quantitative estimate of drug-likeness (QED) is 0.247. The summed E-state index contributed by atoms with van der Waals surface area (Å²) in [5.41, 5.74) is 5.99. The first kappa shape index (κ1) is 14.3. The number of oxime groups is 1. The number of H-pyrrole nitrogens is 1. The van der Waals surface area contributed by atoms with Crippen molar-refractivity contribution in [1.29, 1.82) is 0 Å². The number of benzene rings is 1. The van der Waals surface area contributed by atoms with Gasteiger partial charge in [-0.05, 0) is 24.3 Å². The van der Waals surface area contributed by atoms with E-state index in [2.05, 4.69) is 25.7 Å². The Morgan fingerprint density at radius 1 is 1.43 bits per heavy atom. The summed E-state index contributed by atoms with van der Waals surface area (Å²) in [7, 11) is 0. The number of hydrogen-bond acceptors (Lipinski definition) is 6. The van der Waals surface area contributed by atoms with E-state index < -0.39 is 0 Å². The van der Waals surface area contributed by atoms with E-state index in [1.165, 1.54) is 6.33 Å². The highest BCUT2D eigenvalue weighted by Crippen LogP contribution is 2.11. The molecule has 9 nitrogen and oxygen atoms in total. The summed E-state index contributed by atoms with van der Waals surface area (Å²) in [6.07, 6.45) is 1.36. The molecule has 0 saturated heterocycles. The van der Waals surface area contributed by atoms with Crippen LogP contribution in [0.1, 0.15) is 11.4 Å². The van der Waals surface area contributed by atoms with E-state index >= 15 is 0 Å². The second-order valence-electron chi connectivity index (χ2n) is 4.01. The Kier molecular flexibility index (Phi) is 4.70. The lowest BCUT2D eigenvalue weighted by Crippen LogP contribution is -2.28. The van der Waals surface area contributed by atoms with Crippen LogP contribution in [0.2, 0.25) is 0 Å². The maximum Gasteiger partial charge on any atom is 0.258 e. The highest BCUT2D eigenvalue weighted by molar-refractivity contribution is 5.97. The molecule has 110 valence electrons. The summed E-state index contributed by atoms with van der Waals surface area (Å²) >= 11 is 0. The summed E-state index contributed by atoms with van der Waals surface area (Å²) in [5, 5.41) is 20.3. The van der Waals surface area contributed by atoms with Gasteiger partial charge in [-0.25, -0.2) is 4.98 Å². The number of aromatic nitrogens is 3. The molecule has 9 heteroatoms. The molecule has 0 atom stereocenters. The summed E-state index contributed by atoms with van der Waals surface area (Å²) in [6, 6.07) is 6.49. The SMILES string of the molecule is NC(=NO)c1ccc(OCC(=O)NCc2ncn[nH]2)cc1. The highest BCUT2D eigenvalue weighted by atomic mass is 16.5. The lowest BCUT2D eigenvalue weighted by molar-refractivity contribution is -0.123. The number of carbonyl (C=O) groups is 1. The minimum absolute atomic E-state index is 0.00588. The van der Waals surface area contributed by atoms with Crippen molar-refractivity contribution in [3.05, 3.63) is 42.0 Å². The zero-order chi connectivity index (χ0) is 15.1. The van der Waals surface area contributed by atoms with Crippen LogP contribution >= 0.6 is 0 Å². The van der Waals surface area contributed by atoms with E-state index in [0.29, 0.717) is 17.1 Å². The van der Waals surface area contributed by atoms with Gasteiger partial charge in [0.05, 0.1) is 6.54 Å². The third kappa shape index (κ3) is 4.20. The smallest absolute Gasteiger partial charge is 0.258 e. The number of carbonyl (C=O) groups excluding carboxylic acids is 1. The van der Waals surface area contributed by atoms with Crippen LogP contribution in [-0.2, 0) is 11.3 Å². The van der Waals surface area contributed by atoms with Crippen molar-refractivity contribution in [1.82, 2.24) is 20.5 Å². The summed E-state index contributed by atoms with van der Waals surface area (Å²) in [5.74, 6) is 0.782. The van der Waals surface area contributed by atoms with Crippen molar-refractivity contribution in [3.63, 3.8) is 0 Å². The van der Waals surface area contributed by atoms with Gasteiger partial charge >= 0.3 is 0 Å². The van der Waals surface area contributed by atoms with E-state index in [1.54, 1.807) is 24.3 Å². The molecule has 0 unspecified atom stereocenters.